The third-order valence-electron chi connectivity index (χ3n) is 6.96. The molecule has 8 nitrogen and oxygen atoms in total. The number of ether oxygens (including phenoxy) is 1. The quantitative estimate of drug-likeness (QED) is 0.201. The average molecular weight is 648 g/mol. The standard InChI is InChI=1S/C35H38ClN3O5S/c1-35(2,3)37-34(41)32(22-26-13-7-5-8-14-26)38(24-27-15-11-16-28(36)21-27)33(40)25-39(29-17-12-18-30(23-29)44-4)45(42,43)31-19-9-6-10-20-31/h5-21,23,32H,22,24-25H2,1-4H3,(H,37,41)/t32-/m0/s1. The first-order chi connectivity index (χ1) is 21.4. The Kier molecular flexibility index (Phi) is 10.9. The van der Waals surface area contributed by atoms with Crippen LogP contribution in [0.3, 0.4) is 0 Å². The van der Waals surface area contributed by atoms with Crippen LogP contribution in [-0.2, 0) is 32.6 Å². The van der Waals surface area contributed by atoms with Gasteiger partial charge < -0.3 is 15.0 Å². The van der Waals surface area contributed by atoms with Gasteiger partial charge >= 0.3 is 0 Å². The van der Waals surface area contributed by atoms with E-state index in [-0.39, 0.29) is 29.5 Å². The zero-order valence-corrected chi connectivity index (χ0v) is 27.4. The molecular formula is C35H38ClN3O5S. The van der Waals surface area contributed by atoms with Crippen molar-refractivity contribution in [2.24, 2.45) is 0 Å². The molecule has 2 amide bonds. The van der Waals surface area contributed by atoms with Gasteiger partial charge in [-0.2, -0.15) is 0 Å². The van der Waals surface area contributed by atoms with Crippen molar-refractivity contribution >= 4 is 39.1 Å². The van der Waals surface area contributed by atoms with Crippen LogP contribution >= 0.6 is 11.6 Å². The van der Waals surface area contributed by atoms with Crippen LogP contribution in [0.5, 0.6) is 5.75 Å². The Hall–Kier alpha value is -4.34. The summed E-state index contributed by atoms with van der Waals surface area (Å²) in [6, 6.07) is 29.9. The van der Waals surface area contributed by atoms with E-state index in [0.29, 0.717) is 16.3 Å². The molecule has 236 valence electrons. The number of carbonyl (C=O) groups excluding carboxylic acids is 2. The fraction of sp³-hybridized carbons (Fsp3) is 0.257. The highest BCUT2D eigenvalue weighted by Crippen LogP contribution is 2.28. The Balaban J connectivity index is 1.83. The van der Waals surface area contributed by atoms with Crippen LogP contribution in [0.2, 0.25) is 5.02 Å². The summed E-state index contributed by atoms with van der Waals surface area (Å²) in [5, 5.41) is 3.50. The Labute approximate surface area is 270 Å². The van der Waals surface area contributed by atoms with Crippen LogP contribution in [0.4, 0.5) is 5.69 Å². The van der Waals surface area contributed by atoms with Gasteiger partial charge in [0, 0.05) is 29.6 Å². The molecule has 0 spiro atoms. The van der Waals surface area contributed by atoms with E-state index in [1.807, 2.05) is 57.2 Å². The number of carbonyl (C=O) groups is 2. The first kappa shape index (κ1) is 33.6. The van der Waals surface area contributed by atoms with E-state index in [1.165, 1.54) is 24.1 Å². The van der Waals surface area contributed by atoms with Crippen molar-refractivity contribution < 1.29 is 22.7 Å². The second-order valence-corrected chi connectivity index (χ2v) is 13.9. The Morgan fingerprint density at radius 3 is 2.09 bits per heavy atom. The molecule has 10 heteroatoms. The molecule has 0 aliphatic rings. The Morgan fingerprint density at radius 1 is 0.844 bits per heavy atom. The van der Waals surface area contributed by atoms with Crippen LogP contribution in [0, 0.1) is 0 Å². The van der Waals surface area contributed by atoms with Crippen molar-refractivity contribution in [1.82, 2.24) is 10.2 Å². The van der Waals surface area contributed by atoms with E-state index in [2.05, 4.69) is 5.32 Å². The molecule has 4 rings (SSSR count). The number of nitrogens with one attached hydrogen (secondary N) is 1. The van der Waals surface area contributed by atoms with Crippen LogP contribution in [0.15, 0.2) is 114 Å². The maximum Gasteiger partial charge on any atom is 0.264 e. The van der Waals surface area contributed by atoms with E-state index in [9.17, 15) is 18.0 Å². The molecule has 0 fully saturated rings. The maximum absolute atomic E-state index is 14.5. The number of anilines is 1. The predicted octanol–water partition coefficient (Wildman–Crippen LogP) is 6.10. The minimum Gasteiger partial charge on any atom is -0.497 e. The highest BCUT2D eigenvalue weighted by atomic mass is 35.5. The molecule has 0 aliphatic carbocycles. The van der Waals surface area contributed by atoms with Gasteiger partial charge in [-0.3, -0.25) is 13.9 Å². The summed E-state index contributed by atoms with van der Waals surface area (Å²) < 4.78 is 34.6. The molecule has 0 unspecified atom stereocenters. The van der Waals surface area contributed by atoms with Gasteiger partial charge in [0.1, 0.15) is 18.3 Å². The summed E-state index contributed by atoms with van der Waals surface area (Å²) in [5.41, 5.74) is 1.20. The third kappa shape index (κ3) is 9.09. The van der Waals surface area contributed by atoms with Crippen molar-refractivity contribution in [3.63, 3.8) is 0 Å². The zero-order chi connectivity index (χ0) is 32.6. The lowest BCUT2D eigenvalue weighted by Gasteiger charge is -2.35. The summed E-state index contributed by atoms with van der Waals surface area (Å²) in [7, 11) is -2.73. The number of hydrogen-bond donors (Lipinski definition) is 1. The minimum absolute atomic E-state index is 0.0196. The summed E-state index contributed by atoms with van der Waals surface area (Å²) in [6.45, 7) is 5.05. The van der Waals surface area contributed by atoms with Gasteiger partial charge in [0.15, 0.2) is 0 Å². The second kappa shape index (κ2) is 14.6. The van der Waals surface area contributed by atoms with Crippen LogP contribution in [-0.4, -0.2) is 50.4 Å². The van der Waals surface area contributed by atoms with Gasteiger partial charge in [-0.15, -0.1) is 0 Å². The lowest BCUT2D eigenvalue weighted by atomic mass is 10.0. The smallest absolute Gasteiger partial charge is 0.264 e. The van der Waals surface area contributed by atoms with Gasteiger partial charge in [-0.1, -0.05) is 78.3 Å². The normalized spacial score (nSPS) is 12.2. The molecule has 4 aromatic rings. The first-order valence-corrected chi connectivity index (χ1v) is 16.3. The number of sulfonamides is 1. The molecule has 45 heavy (non-hydrogen) atoms. The fourth-order valence-corrected chi connectivity index (χ4v) is 6.49. The van der Waals surface area contributed by atoms with Gasteiger partial charge in [0.25, 0.3) is 10.0 Å². The van der Waals surface area contributed by atoms with Gasteiger partial charge in [-0.25, -0.2) is 8.42 Å². The highest BCUT2D eigenvalue weighted by molar-refractivity contribution is 7.92. The number of hydrogen-bond acceptors (Lipinski definition) is 5. The lowest BCUT2D eigenvalue weighted by molar-refractivity contribution is -0.140. The second-order valence-electron chi connectivity index (χ2n) is 11.6. The third-order valence-corrected chi connectivity index (χ3v) is 8.99. The molecule has 0 heterocycles. The van der Waals surface area contributed by atoms with Crippen molar-refractivity contribution in [2.75, 3.05) is 18.0 Å². The molecule has 0 saturated carbocycles. The Bertz CT molecular complexity index is 1710. The average Bonchev–Trinajstić information content (AvgIpc) is 3.01. The van der Waals surface area contributed by atoms with Crippen molar-refractivity contribution in [3.05, 3.63) is 125 Å². The van der Waals surface area contributed by atoms with E-state index in [0.717, 1.165) is 9.87 Å². The summed E-state index contributed by atoms with van der Waals surface area (Å²) in [4.78, 5) is 29.9. The summed E-state index contributed by atoms with van der Waals surface area (Å²) >= 11 is 6.31. The van der Waals surface area contributed by atoms with E-state index in [1.54, 1.807) is 60.7 Å². The number of rotatable bonds is 12. The number of amides is 2. The molecule has 4 aromatic carbocycles. The number of nitrogens with zero attached hydrogens (tertiary/aromatic N) is 2. The number of benzene rings is 4. The molecule has 1 N–H and O–H groups in total. The van der Waals surface area contributed by atoms with E-state index in [4.69, 9.17) is 16.3 Å². The van der Waals surface area contributed by atoms with Crippen LogP contribution in [0.25, 0.3) is 0 Å². The Morgan fingerprint density at radius 2 is 1.47 bits per heavy atom. The highest BCUT2D eigenvalue weighted by Gasteiger charge is 2.35. The van der Waals surface area contributed by atoms with E-state index < -0.39 is 34.1 Å². The molecule has 1 atom stereocenters. The first-order valence-electron chi connectivity index (χ1n) is 14.5. The van der Waals surface area contributed by atoms with Crippen molar-refractivity contribution in [3.8, 4) is 5.75 Å². The van der Waals surface area contributed by atoms with Crippen LogP contribution < -0.4 is 14.4 Å². The van der Waals surface area contributed by atoms with Crippen LogP contribution in [0.1, 0.15) is 31.9 Å². The monoisotopic (exact) mass is 647 g/mol. The number of methoxy groups -OCH3 is 1. The fourth-order valence-electron chi connectivity index (χ4n) is 4.85. The largest absolute Gasteiger partial charge is 0.497 e. The molecular weight excluding hydrogens is 610 g/mol. The van der Waals surface area contributed by atoms with Crippen molar-refractivity contribution in [1.29, 1.82) is 0 Å². The molecule has 0 aliphatic heterocycles. The maximum atomic E-state index is 14.5. The topological polar surface area (TPSA) is 96.0 Å². The predicted molar refractivity (Wildman–Crippen MR) is 178 cm³/mol. The molecule has 0 aromatic heterocycles. The van der Waals surface area contributed by atoms with Gasteiger partial charge in [-0.05, 0) is 68.3 Å². The van der Waals surface area contributed by atoms with Gasteiger partial charge in [0.05, 0.1) is 17.7 Å². The zero-order valence-electron chi connectivity index (χ0n) is 25.8. The minimum atomic E-state index is -4.21. The summed E-state index contributed by atoms with van der Waals surface area (Å²) in [5.74, 6) is -0.502. The lowest BCUT2D eigenvalue weighted by Crippen LogP contribution is -2.56. The molecule has 0 bridgehead atoms. The summed E-state index contributed by atoms with van der Waals surface area (Å²) in [6.07, 6.45) is 0.208. The molecule has 0 radical (unpaired) electrons. The molecule has 0 saturated heterocycles. The number of halogens is 1. The van der Waals surface area contributed by atoms with Crippen molar-refractivity contribution in [2.45, 2.75) is 50.2 Å². The van der Waals surface area contributed by atoms with E-state index >= 15 is 0 Å². The SMILES string of the molecule is COc1cccc(N(CC(=O)N(Cc2cccc(Cl)c2)[C@@H](Cc2ccccc2)C(=O)NC(C)(C)C)S(=O)(=O)c2ccccc2)c1. The van der Waals surface area contributed by atoms with Gasteiger partial charge in [0.2, 0.25) is 11.8 Å².